The van der Waals surface area contributed by atoms with Crippen molar-refractivity contribution in [2.45, 2.75) is 6.17 Å². The average molecular weight is 526 g/mol. The number of rotatable bonds is 3. The van der Waals surface area contributed by atoms with Crippen LogP contribution in [0.1, 0.15) is 22.9 Å². The number of fused-ring (bicyclic) bond motifs is 6. The third-order valence-electron chi connectivity index (χ3n) is 7.23. The number of amidine groups is 2. The Morgan fingerprint density at radius 3 is 2.15 bits per heavy atom. The summed E-state index contributed by atoms with van der Waals surface area (Å²) in [7, 11) is 0. The molecular weight excluding hydrogens is 506 g/mol. The molecular formula is C33H20ClN3O2. The lowest BCUT2D eigenvalue weighted by atomic mass is 10.1. The van der Waals surface area contributed by atoms with E-state index in [-0.39, 0.29) is 6.17 Å². The van der Waals surface area contributed by atoms with E-state index >= 15 is 0 Å². The standard InChI is InChI=1S/C33H20ClN3O2/c34-25-18-17-24(30-28(25)22-12-5-7-16-27(22)39-30)33-36-31(19-9-2-1-3-10-19)35-32(37-33)23-14-8-13-21-20-11-4-6-15-26(20)38-29(21)23/h1-18,31H,(H,35,36,37). The van der Waals surface area contributed by atoms with Crippen LogP contribution >= 0.6 is 11.6 Å². The van der Waals surface area contributed by atoms with E-state index in [9.17, 15) is 0 Å². The summed E-state index contributed by atoms with van der Waals surface area (Å²) >= 11 is 6.69. The molecule has 0 aliphatic carbocycles. The predicted octanol–water partition coefficient (Wildman–Crippen LogP) is 8.63. The smallest absolute Gasteiger partial charge is 0.163 e. The van der Waals surface area contributed by atoms with E-state index in [0.29, 0.717) is 22.3 Å². The van der Waals surface area contributed by atoms with E-state index in [1.807, 2.05) is 84.9 Å². The molecule has 5 nitrogen and oxygen atoms in total. The van der Waals surface area contributed by atoms with Gasteiger partial charge in [-0.25, -0.2) is 9.98 Å². The van der Waals surface area contributed by atoms with Gasteiger partial charge in [0.2, 0.25) is 0 Å². The number of nitrogens with one attached hydrogen (secondary N) is 1. The van der Waals surface area contributed by atoms with Crippen molar-refractivity contribution in [2.24, 2.45) is 9.98 Å². The number of furan rings is 2. The fraction of sp³-hybridized carbons (Fsp3) is 0.0303. The van der Waals surface area contributed by atoms with E-state index in [0.717, 1.165) is 55.0 Å². The lowest BCUT2D eigenvalue weighted by molar-refractivity contribution is 0.658. The van der Waals surface area contributed by atoms with Crippen LogP contribution in [-0.4, -0.2) is 11.7 Å². The van der Waals surface area contributed by atoms with Gasteiger partial charge in [0.1, 0.15) is 34.3 Å². The maximum absolute atomic E-state index is 6.69. The predicted molar refractivity (Wildman–Crippen MR) is 158 cm³/mol. The van der Waals surface area contributed by atoms with Crippen LogP contribution in [0.4, 0.5) is 0 Å². The van der Waals surface area contributed by atoms with Gasteiger partial charge in [-0.1, -0.05) is 90.5 Å². The monoisotopic (exact) mass is 525 g/mol. The maximum Gasteiger partial charge on any atom is 0.163 e. The minimum atomic E-state index is -0.358. The second-order valence-corrected chi connectivity index (χ2v) is 9.96. The Morgan fingerprint density at radius 2 is 1.31 bits per heavy atom. The first-order valence-electron chi connectivity index (χ1n) is 12.7. The molecule has 1 aliphatic heterocycles. The van der Waals surface area contributed by atoms with Gasteiger partial charge in [0.15, 0.2) is 5.84 Å². The molecule has 5 aromatic carbocycles. The highest BCUT2D eigenvalue weighted by atomic mass is 35.5. The van der Waals surface area contributed by atoms with E-state index in [1.54, 1.807) is 0 Å². The number of nitrogens with zero attached hydrogens (tertiary/aromatic N) is 2. The topological polar surface area (TPSA) is 63.0 Å². The SMILES string of the molecule is Clc1ccc(C2=NC(c3cccc4c3oc3ccccc34)=NC(c3ccccc3)N2)c2oc3ccccc3c12. The van der Waals surface area contributed by atoms with Crippen LogP contribution in [0.3, 0.4) is 0 Å². The number of halogens is 1. The van der Waals surface area contributed by atoms with E-state index in [2.05, 4.69) is 29.6 Å². The number of hydrogen-bond acceptors (Lipinski definition) is 5. The summed E-state index contributed by atoms with van der Waals surface area (Å²) in [4.78, 5) is 10.1. The summed E-state index contributed by atoms with van der Waals surface area (Å²) in [5.74, 6) is 1.24. The molecule has 3 heterocycles. The molecule has 1 unspecified atom stereocenters. The molecule has 186 valence electrons. The summed E-state index contributed by atoms with van der Waals surface area (Å²) < 4.78 is 12.7. The van der Waals surface area contributed by atoms with Gasteiger partial charge in [-0.2, -0.15) is 0 Å². The first kappa shape index (κ1) is 22.1. The van der Waals surface area contributed by atoms with Crippen LogP contribution in [0, 0.1) is 0 Å². The van der Waals surface area contributed by atoms with E-state index < -0.39 is 0 Å². The molecule has 0 bridgehead atoms. The fourth-order valence-electron chi connectivity index (χ4n) is 5.41. The summed E-state index contributed by atoms with van der Waals surface area (Å²) in [6.45, 7) is 0. The van der Waals surface area contributed by atoms with Crippen molar-refractivity contribution in [1.29, 1.82) is 0 Å². The van der Waals surface area contributed by atoms with Crippen LogP contribution in [-0.2, 0) is 0 Å². The molecule has 8 rings (SSSR count). The Morgan fingerprint density at radius 1 is 0.615 bits per heavy atom. The molecule has 0 saturated heterocycles. The Kier molecular flexibility index (Phi) is 4.87. The van der Waals surface area contributed by atoms with Crippen molar-refractivity contribution in [1.82, 2.24) is 5.32 Å². The van der Waals surface area contributed by atoms with Crippen LogP contribution in [0.15, 0.2) is 128 Å². The molecule has 1 aliphatic rings. The van der Waals surface area contributed by atoms with Crippen molar-refractivity contribution >= 4 is 67.1 Å². The van der Waals surface area contributed by atoms with Gasteiger partial charge in [0, 0.05) is 21.5 Å². The zero-order chi connectivity index (χ0) is 25.9. The van der Waals surface area contributed by atoms with Crippen LogP contribution < -0.4 is 5.32 Å². The van der Waals surface area contributed by atoms with Crippen LogP contribution in [0.2, 0.25) is 5.02 Å². The van der Waals surface area contributed by atoms with Crippen molar-refractivity contribution in [3.63, 3.8) is 0 Å². The third-order valence-corrected chi connectivity index (χ3v) is 7.55. The molecule has 6 heteroatoms. The van der Waals surface area contributed by atoms with Crippen molar-refractivity contribution in [2.75, 3.05) is 0 Å². The first-order chi connectivity index (χ1) is 19.2. The van der Waals surface area contributed by atoms with Gasteiger partial charge in [0.25, 0.3) is 0 Å². The highest BCUT2D eigenvalue weighted by Gasteiger charge is 2.26. The van der Waals surface area contributed by atoms with Gasteiger partial charge in [-0.05, 0) is 35.9 Å². The van der Waals surface area contributed by atoms with Gasteiger partial charge in [-0.15, -0.1) is 0 Å². The first-order valence-corrected chi connectivity index (χ1v) is 13.1. The fourth-order valence-corrected chi connectivity index (χ4v) is 5.66. The van der Waals surface area contributed by atoms with Crippen molar-refractivity contribution in [3.8, 4) is 0 Å². The highest BCUT2D eigenvalue weighted by Crippen LogP contribution is 2.37. The highest BCUT2D eigenvalue weighted by molar-refractivity contribution is 6.38. The van der Waals surface area contributed by atoms with Crippen LogP contribution in [0.5, 0.6) is 0 Å². The maximum atomic E-state index is 6.69. The Bertz CT molecular complexity index is 2120. The number of para-hydroxylation sites is 3. The zero-order valence-electron chi connectivity index (χ0n) is 20.6. The molecule has 2 aromatic heterocycles. The minimum Gasteiger partial charge on any atom is -0.455 e. The van der Waals surface area contributed by atoms with Gasteiger partial charge < -0.3 is 14.2 Å². The largest absolute Gasteiger partial charge is 0.455 e. The molecule has 0 fully saturated rings. The average Bonchev–Trinajstić information content (AvgIpc) is 3.57. The van der Waals surface area contributed by atoms with Crippen molar-refractivity contribution < 1.29 is 8.83 Å². The molecule has 0 spiro atoms. The second kappa shape index (κ2) is 8.58. The Hall–Kier alpha value is -4.87. The Balaban J connectivity index is 1.37. The van der Waals surface area contributed by atoms with Crippen LogP contribution in [0.25, 0.3) is 43.9 Å². The zero-order valence-corrected chi connectivity index (χ0v) is 21.3. The molecule has 0 amide bonds. The normalized spacial score (nSPS) is 15.6. The molecule has 7 aromatic rings. The summed E-state index contributed by atoms with van der Waals surface area (Å²) in [6.07, 6.45) is -0.358. The third kappa shape index (κ3) is 3.47. The quantitative estimate of drug-likeness (QED) is 0.251. The minimum absolute atomic E-state index is 0.358. The summed E-state index contributed by atoms with van der Waals surface area (Å²) in [6, 6.07) is 36.1. The van der Waals surface area contributed by atoms with E-state index in [4.69, 9.17) is 30.4 Å². The molecule has 39 heavy (non-hydrogen) atoms. The van der Waals surface area contributed by atoms with Gasteiger partial charge in [-0.3, -0.25) is 0 Å². The van der Waals surface area contributed by atoms with E-state index in [1.165, 1.54) is 0 Å². The molecule has 0 saturated carbocycles. The number of hydrogen-bond donors (Lipinski definition) is 1. The number of benzene rings is 5. The van der Waals surface area contributed by atoms with Gasteiger partial charge in [0.05, 0.1) is 16.1 Å². The van der Waals surface area contributed by atoms with Crippen molar-refractivity contribution in [3.05, 3.63) is 131 Å². The lowest BCUT2D eigenvalue weighted by Gasteiger charge is -2.23. The Labute approximate surface area is 228 Å². The second-order valence-electron chi connectivity index (χ2n) is 9.55. The molecule has 1 atom stereocenters. The summed E-state index contributed by atoms with van der Waals surface area (Å²) in [5.41, 5.74) is 5.73. The molecule has 1 N–H and O–H groups in total. The summed E-state index contributed by atoms with van der Waals surface area (Å²) in [5, 5.41) is 8.11. The number of aliphatic imine (C=N–C) groups is 2. The van der Waals surface area contributed by atoms with Gasteiger partial charge >= 0.3 is 0 Å². The lowest BCUT2D eigenvalue weighted by Crippen LogP contribution is -2.33. The molecule has 0 radical (unpaired) electrons.